The van der Waals surface area contributed by atoms with Gasteiger partial charge in [-0.15, -0.1) is 10.2 Å². The smallest absolute Gasteiger partial charge is 0.246 e. The number of pyridine rings is 1. The van der Waals surface area contributed by atoms with Gasteiger partial charge in [-0.1, -0.05) is 36.4 Å². The minimum Gasteiger partial charge on any atom is -0.497 e. The second-order valence-electron chi connectivity index (χ2n) is 8.33. The summed E-state index contributed by atoms with van der Waals surface area (Å²) >= 11 is 0. The molecule has 0 spiro atoms. The van der Waals surface area contributed by atoms with Gasteiger partial charge in [0.25, 0.3) is 0 Å². The first-order valence-corrected chi connectivity index (χ1v) is 11.3. The number of anilines is 1. The van der Waals surface area contributed by atoms with Crippen LogP contribution in [0.15, 0.2) is 79.0 Å². The van der Waals surface area contributed by atoms with Crippen molar-refractivity contribution in [1.82, 2.24) is 19.5 Å². The van der Waals surface area contributed by atoms with Gasteiger partial charge < -0.3 is 10.1 Å². The molecule has 1 amide bonds. The molecule has 1 atom stereocenters. The molecule has 168 valence electrons. The third kappa shape index (κ3) is 4.45. The van der Waals surface area contributed by atoms with E-state index in [1.165, 1.54) is 0 Å². The van der Waals surface area contributed by atoms with Gasteiger partial charge in [0.15, 0.2) is 5.65 Å². The van der Waals surface area contributed by atoms with Crippen LogP contribution in [0.1, 0.15) is 36.2 Å². The number of carbonyl (C=O) groups is 1. The number of fused-ring (bicyclic) bond motifs is 1. The van der Waals surface area contributed by atoms with Gasteiger partial charge in [0.2, 0.25) is 5.91 Å². The van der Waals surface area contributed by atoms with Crippen molar-refractivity contribution in [2.24, 2.45) is 0 Å². The molecule has 1 N–H and O–H groups in total. The Morgan fingerprint density at radius 1 is 0.970 bits per heavy atom. The number of rotatable bonds is 6. The minimum atomic E-state index is -0.357. The Labute approximate surface area is 193 Å². The Bertz CT molecular complexity index is 1210. The third-order valence-electron chi connectivity index (χ3n) is 6.32. The number of piperidine rings is 1. The first-order chi connectivity index (χ1) is 16.2. The monoisotopic (exact) mass is 441 g/mol. The fourth-order valence-electron chi connectivity index (χ4n) is 4.60. The molecule has 1 saturated heterocycles. The van der Waals surface area contributed by atoms with Crippen LogP contribution in [0.2, 0.25) is 0 Å². The van der Waals surface area contributed by atoms with Gasteiger partial charge in [-0.2, -0.15) is 0 Å². The highest BCUT2D eigenvalue weighted by Crippen LogP contribution is 2.32. The second-order valence-corrected chi connectivity index (χ2v) is 8.33. The summed E-state index contributed by atoms with van der Waals surface area (Å²) < 4.78 is 7.30. The standard InChI is InChI=1S/C26H27N5O2/c1-33-22-12-10-21(11-13-22)27-26(32)24(19-7-3-2-4-8-19)30-17-14-20(15-18-30)25-29-28-23-9-5-6-16-31(23)25/h2-13,16,20,24H,14-15,17-18H2,1H3,(H,27,32). The van der Waals surface area contributed by atoms with Gasteiger partial charge in [-0.05, 0) is 67.9 Å². The average Bonchev–Trinajstić information content (AvgIpc) is 3.30. The molecule has 2 aromatic carbocycles. The summed E-state index contributed by atoms with van der Waals surface area (Å²) in [6, 6.07) is 23.0. The van der Waals surface area contributed by atoms with Crippen LogP contribution in [0, 0.1) is 0 Å². The Kier molecular flexibility index (Phi) is 6.04. The second kappa shape index (κ2) is 9.42. The third-order valence-corrected chi connectivity index (χ3v) is 6.32. The van der Waals surface area contributed by atoms with E-state index in [9.17, 15) is 4.79 Å². The van der Waals surface area contributed by atoms with E-state index in [-0.39, 0.29) is 11.9 Å². The van der Waals surface area contributed by atoms with Gasteiger partial charge in [0, 0.05) is 17.8 Å². The van der Waals surface area contributed by atoms with E-state index in [0.717, 1.165) is 54.4 Å². The summed E-state index contributed by atoms with van der Waals surface area (Å²) in [6.45, 7) is 1.62. The Balaban J connectivity index is 1.33. The van der Waals surface area contributed by atoms with Crippen LogP contribution in [0.25, 0.3) is 5.65 Å². The first kappa shape index (κ1) is 21.2. The van der Waals surface area contributed by atoms with Gasteiger partial charge in [-0.25, -0.2) is 0 Å². The van der Waals surface area contributed by atoms with Crippen LogP contribution in [0.3, 0.4) is 0 Å². The molecule has 0 saturated carbocycles. The number of benzene rings is 2. The van der Waals surface area contributed by atoms with Crippen LogP contribution in [0.4, 0.5) is 5.69 Å². The summed E-state index contributed by atoms with van der Waals surface area (Å²) in [5.74, 6) is 2.05. The zero-order valence-electron chi connectivity index (χ0n) is 18.6. The van der Waals surface area contributed by atoms with Crippen molar-refractivity contribution in [3.05, 3.63) is 90.4 Å². The molecule has 2 aromatic heterocycles. The number of likely N-dealkylation sites (tertiary alicyclic amines) is 1. The van der Waals surface area contributed by atoms with E-state index in [2.05, 4.69) is 24.8 Å². The summed E-state index contributed by atoms with van der Waals surface area (Å²) in [4.78, 5) is 15.7. The molecule has 4 aromatic rings. The normalized spacial score (nSPS) is 15.9. The number of nitrogens with one attached hydrogen (secondary N) is 1. The maximum absolute atomic E-state index is 13.4. The van der Waals surface area contributed by atoms with Crippen LogP contribution < -0.4 is 10.1 Å². The maximum Gasteiger partial charge on any atom is 0.246 e. The minimum absolute atomic E-state index is 0.0299. The van der Waals surface area contributed by atoms with E-state index in [1.807, 2.05) is 79.0 Å². The van der Waals surface area contributed by atoms with E-state index < -0.39 is 0 Å². The van der Waals surface area contributed by atoms with Gasteiger partial charge in [-0.3, -0.25) is 14.1 Å². The topological polar surface area (TPSA) is 71.8 Å². The van der Waals surface area contributed by atoms with Crippen molar-refractivity contribution >= 4 is 17.2 Å². The molecule has 7 heteroatoms. The van der Waals surface area contributed by atoms with Gasteiger partial charge in [0.1, 0.15) is 17.6 Å². The number of amides is 1. The van der Waals surface area contributed by atoms with E-state index in [0.29, 0.717) is 5.92 Å². The number of methoxy groups -OCH3 is 1. The zero-order valence-corrected chi connectivity index (χ0v) is 18.6. The first-order valence-electron chi connectivity index (χ1n) is 11.3. The predicted molar refractivity (Wildman–Crippen MR) is 127 cm³/mol. The van der Waals surface area contributed by atoms with Crippen molar-refractivity contribution in [3.63, 3.8) is 0 Å². The van der Waals surface area contributed by atoms with Gasteiger partial charge in [0.05, 0.1) is 7.11 Å². The Morgan fingerprint density at radius 3 is 2.42 bits per heavy atom. The summed E-state index contributed by atoms with van der Waals surface area (Å²) in [5, 5.41) is 11.9. The highest BCUT2D eigenvalue weighted by molar-refractivity contribution is 5.95. The van der Waals surface area contributed by atoms with E-state index in [4.69, 9.17) is 4.74 Å². The molecule has 3 heterocycles. The van der Waals surface area contributed by atoms with E-state index in [1.54, 1.807) is 7.11 Å². The number of hydrogen-bond acceptors (Lipinski definition) is 5. The summed E-state index contributed by atoms with van der Waals surface area (Å²) in [5.41, 5.74) is 2.62. The molecule has 1 aliphatic rings. The molecule has 1 aliphatic heterocycles. The van der Waals surface area contributed by atoms with Crippen LogP contribution >= 0.6 is 0 Å². The lowest BCUT2D eigenvalue weighted by atomic mass is 9.93. The van der Waals surface area contributed by atoms with Gasteiger partial charge >= 0.3 is 0 Å². The molecule has 5 rings (SSSR count). The van der Waals surface area contributed by atoms with Crippen LogP contribution in [-0.4, -0.2) is 45.6 Å². The lowest BCUT2D eigenvalue weighted by molar-refractivity contribution is -0.122. The Morgan fingerprint density at radius 2 is 1.70 bits per heavy atom. The fraction of sp³-hybridized carbons (Fsp3) is 0.269. The summed E-state index contributed by atoms with van der Waals surface area (Å²) in [6.07, 6.45) is 3.87. The van der Waals surface area contributed by atoms with Crippen molar-refractivity contribution in [2.75, 3.05) is 25.5 Å². The molecule has 1 fully saturated rings. The number of aromatic nitrogens is 3. The molecule has 1 unspecified atom stereocenters. The van der Waals surface area contributed by atoms with E-state index >= 15 is 0 Å². The number of hydrogen-bond donors (Lipinski definition) is 1. The van der Waals surface area contributed by atoms with Crippen molar-refractivity contribution < 1.29 is 9.53 Å². The lowest BCUT2D eigenvalue weighted by Gasteiger charge is -2.36. The van der Waals surface area contributed by atoms with Crippen molar-refractivity contribution in [2.45, 2.75) is 24.8 Å². The fourth-order valence-corrected chi connectivity index (χ4v) is 4.60. The highest BCUT2D eigenvalue weighted by Gasteiger charge is 2.33. The zero-order chi connectivity index (χ0) is 22.6. The molecule has 0 aliphatic carbocycles. The quantitative estimate of drug-likeness (QED) is 0.483. The molecule has 33 heavy (non-hydrogen) atoms. The van der Waals surface area contributed by atoms with Crippen LogP contribution in [0.5, 0.6) is 5.75 Å². The van der Waals surface area contributed by atoms with Crippen molar-refractivity contribution in [1.29, 1.82) is 0 Å². The molecule has 7 nitrogen and oxygen atoms in total. The number of nitrogens with zero attached hydrogens (tertiary/aromatic N) is 4. The van der Waals surface area contributed by atoms with Crippen LogP contribution in [-0.2, 0) is 4.79 Å². The number of ether oxygens (including phenoxy) is 1. The highest BCUT2D eigenvalue weighted by atomic mass is 16.5. The summed E-state index contributed by atoms with van der Waals surface area (Å²) in [7, 11) is 1.63. The average molecular weight is 442 g/mol. The SMILES string of the molecule is COc1ccc(NC(=O)C(c2ccccc2)N2CCC(c3nnc4ccccn34)CC2)cc1. The maximum atomic E-state index is 13.4. The molecular weight excluding hydrogens is 414 g/mol. The molecular formula is C26H27N5O2. The number of carbonyl (C=O) groups excluding carboxylic acids is 1. The lowest BCUT2D eigenvalue weighted by Crippen LogP contribution is -2.42. The largest absolute Gasteiger partial charge is 0.497 e. The Hall–Kier alpha value is -3.71. The molecule has 0 bridgehead atoms. The van der Waals surface area contributed by atoms with Crippen molar-refractivity contribution in [3.8, 4) is 5.75 Å². The molecule has 0 radical (unpaired) electrons. The predicted octanol–water partition coefficient (Wildman–Crippen LogP) is 4.30.